The lowest BCUT2D eigenvalue weighted by Gasteiger charge is -2.48. The van der Waals surface area contributed by atoms with Crippen LogP contribution in [0.2, 0.25) is 0 Å². The molecule has 5 nitrogen and oxygen atoms in total. The first kappa shape index (κ1) is 19.9. The van der Waals surface area contributed by atoms with E-state index in [1.165, 1.54) is 5.57 Å². The first-order valence-corrected chi connectivity index (χ1v) is 11.1. The number of carbonyl (C=O) groups is 2. The van der Waals surface area contributed by atoms with Gasteiger partial charge >= 0.3 is 5.97 Å². The monoisotopic (exact) mass is 389 g/mol. The lowest BCUT2D eigenvalue weighted by Crippen LogP contribution is -2.53. The minimum Gasteiger partial charge on any atom is -0.462 e. The maximum atomic E-state index is 13.8. The van der Waals surface area contributed by atoms with Crippen LogP contribution in [0, 0.1) is 23.7 Å². The van der Waals surface area contributed by atoms with Gasteiger partial charge in [-0.05, 0) is 72.6 Å². The summed E-state index contributed by atoms with van der Waals surface area (Å²) in [5, 5.41) is 0. The summed E-state index contributed by atoms with van der Waals surface area (Å²) < 4.78 is 11.8. The van der Waals surface area contributed by atoms with Crippen LogP contribution in [0.3, 0.4) is 0 Å². The van der Waals surface area contributed by atoms with E-state index in [2.05, 4.69) is 33.8 Å². The average Bonchev–Trinajstić information content (AvgIpc) is 3.17. The lowest BCUT2D eigenvalue weighted by atomic mass is 9.59. The highest BCUT2D eigenvalue weighted by atomic mass is 16.6. The smallest absolute Gasteiger partial charge is 0.313 e. The number of carbonyl (C=O) groups excluding carboxylic acids is 2. The molecule has 4 rings (SSSR count). The topological polar surface area (TPSA) is 55.8 Å². The zero-order chi connectivity index (χ0) is 20.2. The molecular formula is C23H35NO4. The van der Waals surface area contributed by atoms with Gasteiger partial charge in [-0.15, -0.1) is 0 Å². The normalized spacial score (nSPS) is 39.8. The molecule has 0 N–H and O–H groups in total. The minimum absolute atomic E-state index is 0.0488. The van der Waals surface area contributed by atoms with Crippen molar-refractivity contribution in [2.24, 2.45) is 23.7 Å². The first-order chi connectivity index (χ1) is 13.2. The summed E-state index contributed by atoms with van der Waals surface area (Å²) >= 11 is 0. The second-order valence-electron chi connectivity index (χ2n) is 9.90. The number of hydrogen-bond acceptors (Lipinski definition) is 4. The van der Waals surface area contributed by atoms with Crippen LogP contribution < -0.4 is 0 Å². The van der Waals surface area contributed by atoms with Crippen LogP contribution in [0.5, 0.6) is 0 Å². The van der Waals surface area contributed by atoms with E-state index in [1.54, 1.807) is 0 Å². The molecule has 1 saturated carbocycles. The molecule has 0 bridgehead atoms. The van der Waals surface area contributed by atoms with Gasteiger partial charge in [-0.3, -0.25) is 9.59 Å². The van der Waals surface area contributed by atoms with Gasteiger partial charge in [0, 0.05) is 24.6 Å². The Morgan fingerprint density at radius 3 is 2.54 bits per heavy atom. The van der Waals surface area contributed by atoms with Gasteiger partial charge in [-0.1, -0.05) is 11.6 Å². The summed E-state index contributed by atoms with van der Waals surface area (Å²) in [5.41, 5.74) is 1.21. The third-order valence-corrected chi connectivity index (χ3v) is 7.52. The van der Waals surface area contributed by atoms with Crippen LogP contribution in [0.4, 0.5) is 0 Å². The van der Waals surface area contributed by atoms with Gasteiger partial charge in [0.2, 0.25) is 5.91 Å². The maximum Gasteiger partial charge on any atom is 0.313 e. The van der Waals surface area contributed by atoms with Crippen molar-refractivity contribution in [2.75, 3.05) is 6.61 Å². The SMILES string of the molecule is CC(C)N(C(=O)[C@@H]1[C@@H]2[C@@H](C)OC(=O)[C@@H]2C=C2CC3(CCCO3)CC[C@H]21)C(C)C. The third-order valence-electron chi connectivity index (χ3n) is 7.52. The quantitative estimate of drug-likeness (QED) is 0.545. The van der Waals surface area contributed by atoms with Crippen LogP contribution in [-0.2, 0) is 19.1 Å². The molecule has 2 aliphatic heterocycles. The number of fused-ring (bicyclic) bond motifs is 2. The van der Waals surface area contributed by atoms with Crippen molar-refractivity contribution in [2.45, 2.75) is 90.5 Å². The highest BCUT2D eigenvalue weighted by molar-refractivity contribution is 5.85. The van der Waals surface area contributed by atoms with Crippen molar-refractivity contribution >= 4 is 11.9 Å². The van der Waals surface area contributed by atoms with Crippen molar-refractivity contribution in [1.82, 2.24) is 4.90 Å². The number of cyclic esters (lactones) is 1. The standard InChI is InChI=1S/C23H35NO4/c1-13(2)24(14(3)4)21(25)20-17-7-9-23(8-6-10-27-23)12-16(17)11-18-19(20)15(5)28-22(18)26/h11,13-15,17-20H,6-10,12H2,1-5H3/t15-,17-,18-,19-,20+,23?/m1/s1. The molecule has 1 amide bonds. The number of amides is 1. The van der Waals surface area contributed by atoms with Crippen LogP contribution in [0.15, 0.2) is 11.6 Å². The van der Waals surface area contributed by atoms with Crippen LogP contribution in [0.1, 0.15) is 66.7 Å². The predicted octanol–water partition coefficient (Wildman–Crippen LogP) is 3.72. The fourth-order valence-corrected chi connectivity index (χ4v) is 6.48. The van der Waals surface area contributed by atoms with Crippen molar-refractivity contribution in [3.63, 3.8) is 0 Å². The molecule has 0 radical (unpaired) electrons. The molecular weight excluding hydrogens is 354 g/mol. The summed E-state index contributed by atoms with van der Waals surface area (Å²) in [6.07, 6.45) is 7.01. The number of nitrogens with zero attached hydrogens (tertiary/aromatic N) is 1. The molecule has 1 unspecified atom stereocenters. The fourth-order valence-electron chi connectivity index (χ4n) is 6.48. The van der Waals surface area contributed by atoms with E-state index in [0.29, 0.717) is 0 Å². The van der Waals surface area contributed by atoms with E-state index in [-0.39, 0.29) is 59.3 Å². The summed E-state index contributed by atoms with van der Waals surface area (Å²) in [6, 6.07) is 0.281. The van der Waals surface area contributed by atoms with Crippen molar-refractivity contribution in [1.29, 1.82) is 0 Å². The molecule has 2 saturated heterocycles. The van der Waals surface area contributed by atoms with Crippen molar-refractivity contribution in [3.05, 3.63) is 11.6 Å². The van der Waals surface area contributed by atoms with Gasteiger partial charge in [0.05, 0.1) is 17.4 Å². The minimum atomic E-state index is -0.284. The molecule has 0 aromatic rings. The highest BCUT2D eigenvalue weighted by Gasteiger charge is 2.57. The Kier molecular flexibility index (Phi) is 5.09. The van der Waals surface area contributed by atoms with E-state index in [4.69, 9.17) is 9.47 Å². The zero-order valence-electron chi connectivity index (χ0n) is 17.9. The van der Waals surface area contributed by atoms with Gasteiger partial charge < -0.3 is 14.4 Å². The largest absolute Gasteiger partial charge is 0.462 e. The molecule has 28 heavy (non-hydrogen) atoms. The van der Waals surface area contributed by atoms with Crippen LogP contribution >= 0.6 is 0 Å². The van der Waals surface area contributed by atoms with Crippen LogP contribution in [0.25, 0.3) is 0 Å². The zero-order valence-corrected chi connectivity index (χ0v) is 17.9. The number of hydrogen-bond donors (Lipinski definition) is 0. The Hall–Kier alpha value is -1.36. The molecule has 156 valence electrons. The second kappa shape index (κ2) is 7.16. The molecule has 0 aromatic heterocycles. The Labute approximate surface area is 168 Å². The Morgan fingerprint density at radius 1 is 1.21 bits per heavy atom. The summed E-state index contributed by atoms with van der Waals surface area (Å²) in [6.45, 7) is 11.1. The molecule has 4 aliphatic rings. The van der Waals surface area contributed by atoms with E-state index in [9.17, 15) is 9.59 Å². The molecule has 3 fully saturated rings. The number of esters is 1. The molecule has 5 heteroatoms. The molecule has 6 atom stereocenters. The van der Waals surface area contributed by atoms with E-state index in [0.717, 1.165) is 38.7 Å². The first-order valence-electron chi connectivity index (χ1n) is 11.1. The van der Waals surface area contributed by atoms with Crippen molar-refractivity contribution < 1.29 is 19.1 Å². The summed E-state index contributed by atoms with van der Waals surface area (Å²) in [4.78, 5) is 28.4. The van der Waals surface area contributed by atoms with E-state index >= 15 is 0 Å². The Bertz CT molecular complexity index is 668. The number of rotatable bonds is 3. The molecule has 2 heterocycles. The second-order valence-corrected chi connectivity index (χ2v) is 9.90. The van der Waals surface area contributed by atoms with E-state index < -0.39 is 0 Å². The Morgan fingerprint density at radius 2 is 1.93 bits per heavy atom. The third kappa shape index (κ3) is 3.10. The summed E-state index contributed by atoms with van der Waals surface area (Å²) in [7, 11) is 0. The van der Waals surface area contributed by atoms with Gasteiger partial charge in [0.15, 0.2) is 0 Å². The van der Waals surface area contributed by atoms with Gasteiger partial charge in [-0.25, -0.2) is 0 Å². The van der Waals surface area contributed by atoms with Crippen molar-refractivity contribution in [3.8, 4) is 0 Å². The van der Waals surface area contributed by atoms with Gasteiger partial charge in [-0.2, -0.15) is 0 Å². The Balaban J connectivity index is 1.71. The molecule has 0 aromatic carbocycles. The predicted molar refractivity (Wildman–Crippen MR) is 106 cm³/mol. The van der Waals surface area contributed by atoms with Gasteiger partial charge in [0.25, 0.3) is 0 Å². The number of ether oxygens (including phenoxy) is 2. The van der Waals surface area contributed by atoms with Gasteiger partial charge in [0.1, 0.15) is 6.10 Å². The average molecular weight is 390 g/mol. The summed E-state index contributed by atoms with van der Waals surface area (Å²) in [5.74, 6) is -0.256. The lowest BCUT2D eigenvalue weighted by molar-refractivity contribution is -0.146. The molecule has 1 spiro atoms. The highest BCUT2D eigenvalue weighted by Crippen LogP contribution is 2.54. The van der Waals surface area contributed by atoms with E-state index in [1.807, 2.05) is 11.8 Å². The fraction of sp³-hybridized carbons (Fsp3) is 0.826. The maximum absolute atomic E-state index is 13.8. The van der Waals surface area contributed by atoms with Crippen LogP contribution in [-0.4, -0.2) is 47.2 Å². The molecule has 2 aliphatic carbocycles.